The Morgan fingerprint density at radius 2 is 2.15 bits per heavy atom. The number of benzene rings is 1. The Morgan fingerprint density at radius 1 is 1.27 bits per heavy atom. The van der Waals surface area contributed by atoms with Crippen molar-refractivity contribution < 1.29 is 18.7 Å². The van der Waals surface area contributed by atoms with Crippen molar-refractivity contribution in [2.45, 2.75) is 13.0 Å². The first-order valence-electron chi connectivity index (χ1n) is 8.60. The van der Waals surface area contributed by atoms with Crippen molar-refractivity contribution in [1.29, 1.82) is 0 Å². The van der Waals surface area contributed by atoms with Crippen LogP contribution in [0.3, 0.4) is 0 Å². The van der Waals surface area contributed by atoms with Gasteiger partial charge >= 0.3 is 5.97 Å². The monoisotopic (exact) mass is 353 g/mol. The summed E-state index contributed by atoms with van der Waals surface area (Å²) in [5.74, 6) is 0.292. The molecular formula is C19H19N3O4. The predicted molar refractivity (Wildman–Crippen MR) is 95.1 cm³/mol. The van der Waals surface area contributed by atoms with Crippen LogP contribution in [0.5, 0.6) is 0 Å². The predicted octanol–water partition coefficient (Wildman–Crippen LogP) is 2.98. The zero-order valence-electron chi connectivity index (χ0n) is 14.4. The first-order valence-corrected chi connectivity index (χ1v) is 8.60. The maximum Gasteiger partial charge on any atom is 0.361 e. The molecule has 0 saturated carbocycles. The molecule has 134 valence electrons. The van der Waals surface area contributed by atoms with Crippen LogP contribution < -0.4 is 4.90 Å². The van der Waals surface area contributed by atoms with E-state index in [1.54, 1.807) is 13.2 Å². The van der Waals surface area contributed by atoms with E-state index in [4.69, 9.17) is 13.9 Å². The third-order valence-corrected chi connectivity index (χ3v) is 4.35. The number of nitrogens with zero attached hydrogens (tertiary/aromatic N) is 3. The Kier molecular flexibility index (Phi) is 4.53. The zero-order valence-corrected chi connectivity index (χ0v) is 14.4. The summed E-state index contributed by atoms with van der Waals surface area (Å²) in [4.78, 5) is 14.6. The highest BCUT2D eigenvalue weighted by Crippen LogP contribution is 2.33. The van der Waals surface area contributed by atoms with Crippen molar-refractivity contribution in [3.05, 3.63) is 54.1 Å². The topological polar surface area (TPSA) is 77.7 Å². The number of furan rings is 1. The minimum absolute atomic E-state index is 0.208. The van der Waals surface area contributed by atoms with Gasteiger partial charge in [0.25, 0.3) is 0 Å². The summed E-state index contributed by atoms with van der Waals surface area (Å²) >= 11 is 0. The highest BCUT2D eigenvalue weighted by molar-refractivity contribution is 6.03. The van der Waals surface area contributed by atoms with Crippen LogP contribution in [0.25, 0.3) is 10.9 Å². The summed E-state index contributed by atoms with van der Waals surface area (Å²) in [6, 6.07) is 11.4. The lowest BCUT2D eigenvalue weighted by atomic mass is 10.1. The fraction of sp³-hybridized carbons (Fsp3) is 0.316. The average Bonchev–Trinajstić information content (AvgIpc) is 3.22. The SMILES string of the molecule is CCOC(=O)c1nnc2ccccc2c1N1CCOC(c2ccco2)C1. The summed E-state index contributed by atoms with van der Waals surface area (Å²) in [6.07, 6.45) is 1.42. The number of ether oxygens (including phenoxy) is 2. The highest BCUT2D eigenvalue weighted by atomic mass is 16.5. The van der Waals surface area contributed by atoms with Crippen molar-refractivity contribution in [2.24, 2.45) is 0 Å². The summed E-state index contributed by atoms with van der Waals surface area (Å²) in [5, 5.41) is 9.21. The molecule has 0 N–H and O–H groups in total. The minimum atomic E-state index is -0.471. The van der Waals surface area contributed by atoms with Gasteiger partial charge in [0, 0.05) is 11.9 Å². The van der Waals surface area contributed by atoms with E-state index in [0.29, 0.717) is 19.7 Å². The number of carbonyl (C=O) groups is 1. The molecule has 0 bridgehead atoms. The number of aromatic nitrogens is 2. The molecule has 0 spiro atoms. The second-order valence-electron chi connectivity index (χ2n) is 5.96. The van der Waals surface area contributed by atoms with E-state index in [9.17, 15) is 4.79 Å². The van der Waals surface area contributed by atoms with Crippen LogP contribution in [0, 0.1) is 0 Å². The molecule has 1 aliphatic rings. The number of morpholine rings is 1. The molecular weight excluding hydrogens is 334 g/mol. The number of anilines is 1. The third kappa shape index (κ3) is 3.01. The van der Waals surface area contributed by atoms with Gasteiger partial charge in [-0.3, -0.25) is 0 Å². The third-order valence-electron chi connectivity index (χ3n) is 4.35. The zero-order chi connectivity index (χ0) is 17.9. The van der Waals surface area contributed by atoms with Crippen LogP contribution in [-0.2, 0) is 9.47 Å². The van der Waals surface area contributed by atoms with Gasteiger partial charge < -0.3 is 18.8 Å². The quantitative estimate of drug-likeness (QED) is 0.667. The Bertz CT molecular complexity index is 910. The lowest BCUT2D eigenvalue weighted by Crippen LogP contribution is -2.39. The van der Waals surface area contributed by atoms with Gasteiger partial charge in [-0.1, -0.05) is 18.2 Å². The number of hydrogen-bond donors (Lipinski definition) is 0. The summed E-state index contributed by atoms with van der Waals surface area (Å²) in [7, 11) is 0. The molecule has 3 aromatic rings. The second kappa shape index (κ2) is 7.13. The van der Waals surface area contributed by atoms with Gasteiger partial charge in [0.1, 0.15) is 11.9 Å². The molecule has 4 rings (SSSR count). The van der Waals surface area contributed by atoms with E-state index < -0.39 is 5.97 Å². The van der Waals surface area contributed by atoms with Crippen LogP contribution in [0.2, 0.25) is 0 Å². The fourth-order valence-corrected chi connectivity index (χ4v) is 3.20. The highest BCUT2D eigenvalue weighted by Gasteiger charge is 2.29. The summed E-state index contributed by atoms with van der Waals surface area (Å²) in [5.41, 5.74) is 1.69. The smallest absolute Gasteiger partial charge is 0.361 e. The van der Waals surface area contributed by atoms with Gasteiger partial charge in [-0.2, -0.15) is 0 Å². The summed E-state index contributed by atoms with van der Waals surface area (Å²) < 4.78 is 16.5. The van der Waals surface area contributed by atoms with Crippen molar-refractivity contribution in [3.63, 3.8) is 0 Å². The number of esters is 1. The molecule has 0 radical (unpaired) electrons. The molecule has 0 amide bonds. The average molecular weight is 353 g/mol. The van der Waals surface area contributed by atoms with Crippen molar-refractivity contribution in [2.75, 3.05) is 31.2 Å². The number of carbonyl (C=O) groups excluding carboxylic acids is 1. The molecule has 1 atom stereocenters. The molecule has 26 heavy (non-hydrogen) atoms. The lowest BCUT2D eigenvalue weighted by Gasteiger charge is -2.34. The molecule has 7 heteroatoms. The minimum Gasteiger partial charge on any atom is -0.467 e. The second-order valence-corrected chi connectivity index (χ2v) is 5.96. The molecule has 1 saturated heterocycles. The largest absolute Gasteiger partial charge is 0.467 e. The maximum atomic E-state index is 12.5. The lowest BCUT2D eigenvalue weighted by molar-refractivity contribution is 0.0255. The van der Waals surface area contributed by atoms with E-state index in [1.165, 1.54) is 0 Å². The van der Waals surface area contributed by atoms with Gasteiger partial charge in [-0.05, 0) is 25.1 Å². The first kappa shape index (κ1) is 16.5. The van der Waals surface area contributed by atoms with Crippen molar-refractivity contribution in [1.82, 2.24) is 10.2 Å². The number of rotatable bonds is 4. The van der Waals surface area contributed by atoms with Gasteiger partial charge in [0.15, 0.2) is 5.69 Å². The Hall–Kier alpha value is -2.93. The molecule has 7 nitrogen and oxygen atoms in total. The Balaban J connectivity index is 1.78. The Morgan fingerprint density at radius 3 is 2.96 bits per heavy atom. The van der Waals surface area contributed by atoms with E-state index >= 15 is 0 Å². The van der Waals surface area contributed by atoms with Gasteiger partial charge in [-0.15, -0.1) is 10.2 Å². The van der Waals surface area contributed by atoms with E-state index in [2.05, 4.69) is 15.1 Å². The molecule has 1 aliphatic heterocycles. The number of fused-ring (bicyclic) bond motifs is 1. The molecule has 2 aromatic heterocycles. The standard InChI is InChI=1S/C19H19N3O4/c1-2-24-19(23)17-18(13-6-3-4-7-14(13)20-21-17)22-9-11-26-16(12-22)15-8-5-10-25-15/h3-8,10,16H,2,9,11-12H2,1H3. The van der Waals surface area contributed by atoms with Gasteiger partial charge in [0.2, 0.25) is 0 Å². The fourth-order valence-electron chi connectivity index (χ4n) is 3.20. The van der Waals surface area contributed by atoms with Crippen LogP contribution in [0.4, 0.5) is 5.69 Å². The first-order chi connectivity index (χ1) is 12.8. The van der Waals surface area contributed by atoms with Crippen LogP contribution in [0.1, 0.15) is 29.3 Å². The molecule has 3 heterocycles. The normalized spacial score (nSPS) is 17.4. The Labute approximate surface area is 150 Å². The van der Waals surface area contributed by atoms with Crippen molar-refractivity contribution in [3.8, 4) is 0 Å². The van der Waals surface area contributed by atoms with E-state index in [1.807, 2.05) is 36.4 Å². The van der Waals surface area contributed by atoms with E-state index in [0.717, 1.165) is 22.4 Å². The molecule has 1 fully saturated rings. The maximum absolute atomic E-state index is 12.5. The van der Waals surface area contributed by atoms with E-state index in [-0.39, 0.29) is 18.4 Å². The molecule has 0 aliphatic carbocycles. The molecule has 1 aromatic carbocycles. The van der Waals surface area contributed by atoms with Crippen molar-refractivity contribution >= 4 is 22.6 Å². The number of hydrogen-bond acceptors (Lipinski definition) is 7. The van der Waals surface area contributed by atoms with Gasteiger partial charge in [0.05, 0.1) is 37.2 Å². The van der Waals surface area contributed by atoms with Crippen LogP contribution >= 0.6 is 0 Å². The van der Waals surface area contributed by atoms with Crippen LogP contribution in [0.15, 0.2) is 47.1 Å². The van der Waals surface area contributed by atoms with Gasteiger partial charge in [-0.25, -0.2) is 4.79 Å². The summed E-state index contributed by atoms with van der Waals surface area (Å²) in [6.45, 7) is 3.76. The molecule has 1 unspecified atom stereocenters. The van der Waals surface area contributed by atoms with Crippen LogP contribution in [-0.4, -0.2) is 42.5 Å².